The number of benzene rings is 2. The molecule has 6 heteroatoms. The Labute approximate surface area is 156 Å². The Morgan fingerprint density at radius 2 is 1.93 bits per heavy atom. The van der Waals surface area contributed by atoms with Gasteiger partial charge in [0.05, 0.1) is 11.3 Å². The molecule has 2 aromatic carbocycles. The normalized spacial score (nSPS) is 20.0. The van der Waals surface area contributed by atoms with E-state index in [1.807, 2.05) is 43.3 Å². The van der Waals surface area contributed by atoms with Gasteiger partial charge in [0, 0.05) is 23.7 Å². The average Bonchev–Trinajstić information content (AvgIpc) is 3.11. The van der Waals surface area contributed by atoms with Crippen molar-refractivity contribution in [1.82, 2.24) is 10.1 Å². The van der Waals surface area contributed by atoms with E-state index in [1.54, 1.807) is 17.0 Å². The first-order valence-corrected chi connectivity index (χ1v) is 9.09. The predicted molar refractivity (Wildman–Crippen MR) is 102 cm³/mol. The molecular formula is C21H21N3O3. The van der Waals surface area contributed by atoms with Gasteiger partial charge in [-0.2, -0.15) is 0 Å². The lowest BCUT2D eigenvalue weighted by Crippen LogP contribution is -2.48. The van der Waals surface area contributed by atoms with Gasteiger partial charge in [-0.3, -0.25) is 9.59 Å². The number of nitrogens with two attached hydrogens (primary N) is 1. The number of aromatic nitrogens is 1. The molecule has 6 nitrogen and oxygen atoms in total. The molecule has 1 aliphatic heterocycles. The third-order valence-corrected chi connectivity index (χ3v) is 5.30. The molecule has 0 saturated carbocycles. The smallest absolute Gasteiger partial charge is 0.254 e. The fourth-order valence-corrected chi connectivity index (χ4v) is 3.66. The van der Waals surface area contributed by atoms with Crippen molar-refractivity contribution in [1.29, 1.82) is 0 Å². The zero-order valence-corrected chi connectivity index (χ0v) is 15.1. The number of rotatable bonds is 3. The van der Waals surface area contributed by atoms with E-state index in [-0.39, 0.29) is 23.8 Å². The summed E-state index contributed by atoms with van der Waals surface area (Å²) in [5.41, 5.74) is 7.62. The van der Waals surface area contributed by atoms with Gasteiger partial charge in [0.25, 0.3) is 5.91 Å². The minimum absolute atomic E-state index is 0.0693. The maximum Gasteiger partial charge on any atom is 0.254 e. The number of fused-ring (bicyclic) bond motifs is 1. The molecule has 0 aliphatic carbocycles. The van der Waals surface area contributed by atoms with Crippen molar-refractivity contribution in [2.45, 2.75) is 25.8 Å². The number of likely N-dealkylation sites (tertiary alicyclic amines) is 1. The van der Waals surface area contributed by atoms with E-state index in [2.05, 4.69) is 5.16 Å². The van der Waals surface area contributed by atoms with Crippen LogP contribution in [0.1, 0.15) is 30.1 Å². The zero-order valence-electron chi connectivity index (χ0n) is 15.1. The highest BCUT2D eigenvalue weighted by atomic mass is 16.5. The third-order valence-electron chi connectivity index (χ3n) is 5.30. The lowest BCUT2D eigenvalue weighted by Gasteiger charge is -2.37. The van der Waals surface area contributed by atoms with Crippen molar-refractivity contribution < 1.29 is 14.1 Å². The molecular weight excluding hydrogens is 342 g/mol. The van der Waals surface area contributed by atoms with Crippen LogP contribution in [0.2, 0.25) is 0 Å². The van der Waals surface area contributed by atoms with Crippen LogP contribution in [0.25, 0.3) is 22.2 Å². The first kappa shape index (κ1) is 17.3. The number of nitrogens with zero attached hydrogens (tertiary/aromatic N) is 2. The largest absolute Gasteiger partial charge is 0.369 e. The van der Waals surface area contributed by atoms with E-state index in [4.69, 9.17) is 10.3 Å². The van der Waals surface area contributed by atoms with Crippen molar-refractivity contribution in [3.8, 4) is 11.3 Å². The Balaban J connectivity index is 1.69. The summed E-state index contributed by atoms with van der Waals surface area (Å²) in [5.74, 6) is -0.0950. The van der Waals surface area contributed by atoms with E-state index in [1.165, 1.54) is 0 Å². The third kappa shape index (κ3) is 3.18. The molecule has 0 radical (unpaired) electrons. The fraction of sp³-hybridized carbons (Fsp3) is 0.286. The van der Waals surface area contributed by atoms with Crippen molar-refractivity contribution in [2.75, 3.05) is 6.54 Å². The molecule has 1 fully saturated rings. The number of piperidine rings is 1. The summed E-state index contributed by atoms with van der Waals surface area (Å²) in [6, 6.07) is 15.1. The van der Waals surface area contributed by atoms with E-state index in [0.29, 0.717) is 23.4 Å². The molecule has 1 aromatic heterocycles. The summed E-state index contributed by atoms with van der Waals surface area (Å²) < 4.78 is 5.51. The number of amides is 2. The summed E-state index contributed by atoms with van der Waals surface area (Å²) in [4.78, 5) is 26.4. The van der Waals surface area contributed by atoms with Crippen LogP contribution in [0.5, 0.6) is 0 Å². The molecule has 1 saturated heterocycles. The van der Waals surface area contributed by atoms with Crippen molar-refractivity contribution in [3.05, 3.63) is 54.1 Å². The number of hydrogen-bond donors (Lipinski definition) is 1. The van der Waals surface area contributed by atoms with E-state index in [9.17, 15) is 9.59 Å². The summed E-state index contributed by atoms with van der Waals surface area (Å²) in [5, 5.41) is 4.89. The Bertz CT molecular complexity index is 996. The molecule has 1 aliphatic rings. The highest BCUT2D eigenvalue weighted by molar-refractivity contribution is 6.01. The molecule has 138 valence electrons. The van der Waals surface area contributed by atoms with Crippen molar-refractivity contribution in [3.63, 3.8) is 0 Å². The van der Waals surface area contributed by atoms with Crippen LogP contribution < -0.4 is 5.73 Å². The zero-order chi connectivity index (χ0) is 19.0. The van der Waals surface area contributed by atoms with E-state index >= 15 is 0 Å². The Kier molecular flexibility index (Phi) is 4.39. The van der Waals surface area contributed by atoms with Crippen LogP contribution in [0.15, 0.2) is 53.1 Å². The molecule has 3 aromatic rings. The van der Waals surface area contributed by atoms with Gasteiger partial charge in [0.2, 0.25) is 5.91 Å². The van der Waals surface area contributed by atoms with Crippen LogP contribution in [-0.2, 0) is 4.79 Å². The van der Waals surface area contributed by atoms with Crippen LogP contribution in [0.4, 0.5) is 0 Å². The van der Waals surface area contributed by atoms with Crippen LogP contribution in [0.3, 0.4) is 0 Å². The standard InChI is InChI=1S/C21H21N3O3/c1-13-7-8-16(20(22)25)12-24(13)21(26)15-9-10-18-17(11-15)19(27-23-18)14-5-3-2-4-6-14/h2-6,9-11,13,16H,7-8,12H2,1H3,(H2,22,25)/t13-,16-/m0/s1. The minimum Gasteiger partial charge on any atom is -0.369 e. The van der Waals surface area contributed by atoms with Crippen molar-refractivity contribution >= 4 is 22.7 Å². The topological polar surface area (TPSA) is 89.4 Å². The second-order valence-electron chi connectivity index (χ2n) is 7.09. The Morgan fingerprint density at radius 3 is 2.67 bits per heavy atom. The van der Waals surface area contributed by atoms with Gasteiger partial charge >= 0.3 is 0 Å². The molecule has 2 heterocycles. The molecule has 2 atom stereocenters. The highest BCUT2D eigenvalue weighted by Crippen LogP contribution is 2.30. The highest BCUT2D eigenvalue weighted by Gasteiger charge is 2.32. The Morgan fingerprint density at radius 1 is 1.15 bits per heavy atom. The second-order valence-corrected chi connectivity index (χ2v) is 7.09. The lowest BCUT2D eigenvalue weighted by atomic mass is 9.92. The van der Waals surface area contributed by atoms with Gasteiger partial charge in [-0.15, -0.1) is 0 Å². The molecule has 27 heavy (non-hydrogen) atoms. The fourth-order valence-electron chi connectivity index (χ4n) is 3.66. The monoisotopic (exact) mass is 363 g/mol. The van der Waals surface area contributed by atoms with E-state index in [0.717, 1.165) is 23.8 Å². The minimum atomic E-state index is -0.347. The Hall–Kier alpha value is -3.15. The molecule has 2 N–H and O–H groups in total. The lowest BCUT2D eigenvalue weighted by molar-refractivity contribution is -0.123. The van der Waals surface area contributed by atoms with Gasteiger partial charge in [0.1, 0.15) is 5.52 Å². The summed E-state index contributed by atoms with van der Waals surface area (Å²) >= 11 is 0. The summed E-state index contributed by atoms with van der Waals surface area (Å²) in [6.07, 6.45) is 1.49. The van der Waals surface area contributed by atoms with E-state index < -0.39 is 0 Å². The quantitative estimate of drug-likeness (QED) is 0.774. The van der Waals surface area contributed by atoms with Crippen LogP contribution in [0, 0.1) is 5.92 Å². The SMILES string of the molecule is C[C@H]1CC[C@H](C(N)=O)CN1C(=O)c1ccc2noc(-c3ccccc3)c2c1. The van der Waals surface area contributed by atoms with Gasteiger partial charge in [-0.25, -0.2) is 0 Å². The first-order chi connectivity index (χ1) is 13.0. The number of carbonyl (C=O) groups excluding carboxylic acids is 2. The molecule has 0 spiro atoms. The molecule has 0 bridgehead atoms. The molecule has 4 rings (SSSR count). The van der Waals surface area contributed by atoms with Gasteiger partial charge < -0.3 is 15.2 Å². The van der Waals surface area contributed by atoms with Crippen molar-refractivity contribution in [2.24, 2.45) is 11.7 Å². The summed E-state index contributed by atoms with van der Waals surface area (Å²) in [7, 11) is 0. The first-order valence-electron chi connectivity index (χ1n) is 9.09. The van der Waals surface area contributed by atoms with Gasteiger partial charge in [0.15, 0.2) is 5.76 Å². The second kappa shape index (κ2) is 6.87. The average molecular weight is 363 g/mol. The number of carbonyl (C=O) groups is 2. The maximum absolute atomic E-state index is 13.1. The molecule has 0 unspecified atom stereocenters. The van der Waals surface area contributed by atoms with Gasteiger partial charge in [-0.05, 0) is 38.0 Å². The number of hydrogen-bond acceptors (Lipinski definition) is 4. The summed E-state index contributed by atoms with van der Waals surface area (Å²) in [6.45, 7) is 2.37. The number of primary amides is 1. The predicted octanol–water partition coefficient (Wildman–Crippen LogP) is 3.22. The maximum atomic E-state index is 13.1. The van der Waals surface area contributed by atoms with Gasteiger partial charge in [-0.1, -0.05) is 35.5 Å². The van der Waals surface area contributed by atoms with Crippen LogP contribution in [-0.4, -0.2) is 34.5 Å². The molecule has 2 amide bonds. The van der Waals surface area contributed by atoms with Crippen LogP contribution >= 0.6 is 0 Å².